The van der Waals surface area contributed by atoms with Gasteiger partial charge in [0.05, 0.1) is 4.90 Å². The van der Waals surface area contributed by atoms with E-state index in [2.05, 4.69) is 23.9 Å². The number of aryl methyl sites for hydroxylation is 1. The van der Waals surface area contributed by atoms with E-state index in [-0.39, 0.29) is 0 Å². The summed E-state index contributed by atoms with van der Waals surface area (Å²) in [6, 6.07) is 7.69. The fourth-order valence-electron chi connectivity index (χ4n) is 1.88. The Morgan fingerprint density at radius 2 is 1.67 bits per heavy atom. The van der Waals surface area contributed by atoms with Crippen LogP contribution in [0.3, 0.4) is 0 Å². The molecule has 0 spiro atoms. The smallest absolute Gasteiger partial charge is 0.240 e. The Bertz CT molecular complexity index is 508. The summed E-state index contributed by atoms with van der Waals surface area (Å²) in [5.74, 6) is 0.299. The molecule has 5 heteroatoms. The van der Waals surface area contributed by atoms with E-state index < -0.39 is 10.0 Å². The van der Waals surface area contributed by atoms with Crippen LogP contribution < -0.4 is 10.0 Å². The zero-order valence-electron chi connectivity index (χ0n) is 13.5. The van der Waals surface area contributed by atoms with Crippen molar-refractivity contribution in [2.24, 2.45) is 5.92 Å². The molecule has 21 heavy (non-hydrogen) atoms. The lowest BCUT2D eigenvalue weighted by molar-refractivity contribution is 0.560. The van der Waals surface area contributed by atoms with Crippen LogP contribution in [-0.4, -0.2) is 27.5 Å². The monoisotopic (exact) mass is 312 g/mol. The van der Waals surface area contributed by atoms with Gasteiger partial charge in [0.15, 0.2) is 0 Å². The first-order valence-electron chi connectivity index (χ1n) is 7.63. The van der Waals surface area contributed by atoms with Gasteiger partial charge in [-0.05, 0) is 43.0 Å². The minimum atomic E-state index is -3.37. The molecule has 0 saturated carbocycles. The predicted octanol–water partition coefficient (Wildman–Crippen LogP) is 2.55. The molecular formula is C16H28N2O2S. The summed E-state index contributed by atoms with van der Waals surface area (Å²) in [4.78, 5) is 0.340. The minimum Gasteiger partial charge on any atom is -0.315 e. The van der Waals surface area contributed by atoms with Crippen molar-refractivity contribution < 1.29 is 8.42 Å². The Labute approximate surface area is 129 Å². The molecule has 1 rings (SSSR count). The third-order valence-corrected chi connectivity index (χ3v) is 4.55. The number of rotatable bonds is 9. The SMILES string of the molecule is CC(C)CNS(=O)(=O)c1ccc(CCCNC(C)C)cc1. The number of hydrogen-bond acceptors (Lipinski definition) is 3. The molecule has 0 saturated heterocycles. The van der Waals surface area contributed by atoms with Crippen LogP contribution in [0.25, 0.3) is 0 Å². The molecule has 0 amide bonds. The maximum Gasteiger partial charge on any atom is 0.240 e. The van der Waals surface area contributed by atoms with Crippen LogP contribution in [-0.2, 0) is 16.4 Å². The van der Waals surface area contributed by atoms with Crippen molar-refractivity contribution >= 4 is 10.0 Å². The van der Waals surface area contributed by atoms with Crippen molar-refractivity contribution in [3.05, 3.63) is 29.8 Å². The molecule has 0 radical (unpaired) electrons. The first kappa shape index (κ1) is 18.1. The highest BCUT2D eigenvalue weighted by molar-refractivity contribution is 7.89. The van der Waals surface area contributed by atoms with Gasteiger partial charge in [-0.25, -0.2) is 13.1 Å². The van der Waals surface area contributed by atoms with Gasteiger partial charge in [-0.2, -0.15) is 0 Å². The molecule has 0 unspecified atom stereocenters. The highest BCUT2D eigenvalue weighted by atomic mass is 32.2. The average molecular weight is 312 g/mol. The van der Waals surface area contributed by atoms with E-state index >= 15 is 0 Å². The lowest BCUT2D eigenvalue weighted by Gasteiger charge is -2.10. The summed E-state index contributed by atoms with van der Waals surface area (Å²) < 4.78 is 26.7. The number of nitrogens with one attached hydrogen (secondary N) is 2. The van der Waals surface area contributed by atoms with Gasteiger partial charge in [0.25, 0.3) is 0 Å². The number of hydrogen-bond donors (Lipinski definition) is 2. The van der Waals surface area contributed by atoms with Crippen LogP contribution in [0.5, 0.6) is 0 Å². The van der Waals surface area contributed by atoms with Gasteiger partial charge in [0.2, 0.25) is 10.0 Å². The Hall–Kier alpha value is -0.910. The summed E-state index contributed by atoms with van der Waals surface area (Å²) in [7, 11) is -3.37. The molecule has 0 bridgehead atoms. The van der Waals surface area contributed by atoms with Crippen molar-refractivity contribution in [2.75, 3.05) is 13.1 Å². The van der Waals surface area contributed by atoms with Crippen LogP contribution in [0.1, 0.15) is 39.7 Å². The predicted molar refractivity (Wildman–Crippen MR) is 87.9 cm³/mol. The fourth-order valence-corrected chi connectivity index (χ4v) is 3.09. The van der Waals surface area contributed by atoms with Gasteiger partial charge in [0, 0.05) is 12.6 Å². The third kappa shape index (κ3) is 7.07. The Balaban J connectivity index is 2.53. The van der Waals surface area contributed by atoms with E-state index in [1.807, 2.05) is 26.0 Å². The highest BCUT2D eigenvalue weighted by Gasteiger charge is 2.13. The second kappa shape index (κ2) is 8.51. The standard InChI is InChI=1S/C16H28N2O2S/c1-13(2)12-18-21(19,20)16-9-7-15(8-10-16)6-5-11-17-14(3)4/h7-10,13-14,17-18H,5-6,11-12H2,1-4H3. The van der Waals surface area contributed by atoms with Crippen LogP contribution in [0.15, 0.2) is 29.2 Å². The molecule has 120 valence electrons. The molecule has 1 aromatic rings. The molecule has 2 N–H and O–H groups in total. The number of sulfonamides is 1. The topological polar surface area (TPSA) is 58.2 Å². The maximum atomic E-state index is 12.1. The summed E-state index contributed by atoms with van der Waals surface area (Å²) in [5, 5.41) is 3.37. The summed E-state index contributed by atoms with van der Waals surface area (Å²) in [6.07, 6.45) is 2.01. The van der Waals surface area contributed by atoms with Gasteiger partial charge in [-0.1, -0.05) is 39.8 Å². The zero-order chi connectivity index (χ0) is 15.9. The molecule has 0 heterocycles. The second-order valence-corrected chi connectivity index (χ2v) is 7.87. The van der Waals surface area contributed by atoms with Crippen molar-refractivity contribution in [2.45, 2.75) is 51.5 Å². The Morgan fingerprint density at radius 3 is 2.19 bits per heavy atom. The summed E-state index contributed by atoms with van der Waals surface area (Å²) >= 11 is 0. The Morgan fingerprint density at radius 1 is 1.05 bits per heavy atom. The van der Waals surface area contributed by atoms with E-state index in [4.69, 9.17) is 0 Å². The van der Waals surface area contributed by atoms with Crippen molar-refractivity contribution in [3.8, 4) is 0 Å². The van der Waals surface area contributed by atoms with Crippen molar-refractivity contribution in [1.82, 2.24) is 10.0 Å². The molecule has 4 nitrogen and oxygen atoms in total. The molecular weight excluding hydrogens is 284 g/mol. The van der Waals surface area contributed by atoms with E-state index in [0.717, 1.165) is 19.4 Å². The average Bonchev–Trinajstić information content (AvgIpc) is 2.42. The van der Waals surface area contributed by atoms with Crippen molar-refractivity contribution in [1.29, 1.82) is 0 Å². The summed E-state index contributed by atoms with van der Waals surface area (Å²) in [5.41, 5.74) is 1.17. The van der Waals surface area contributed by atoms with E-state index in [1.165, 1.54) is 5.56 Å². The maximum absolute atomic E-state index is 12.1. The van der Waals surface area contributed by atoms with Crippen LogP contribution in [0, 0.1) is 5.92 Å². The molecule has 0 aromatic heterocycles. The van der Waals surface area contributed by atoms with Crippen LogP contribution in [0.4, 0.5) is 0 Å². The lowest BCUT2D eigenvalue weighted by atomic mass is 10.1. The molecule has 0 aliphatic heterocycles. The van der Waals surface area contributed by atoms with E-state index in [9.17, 15) is 8.42 Å². The first-order chi connectivity index (χ1) is 9.81. The van der Waals surface area contributed by atoms with Gasteiger partial charge in [-0.3, -0.25) is 0 Å². The van der Waals surface area contributed by atoms with Gasteiger partial charge < -0.3 is 5.32 Å². The zero-order valence-corrected chi connectivity index (χ0v) is 14.3. The third-order valence-electron chi connectivity index (χ3n) is 3.11. The van der Waals surface area contributed by atoms with E-state index in [1.54, 1.807) is 12.1 Å². The Kier molecular flexibility index (Phi) is 7.35. The highest BCUT2D eigenvalue weighted by Crippen LogP contribution is 2.12. The number of benzene rings is 1. The molecule has 1 aromatic carbocycles. The summed E-state index contributed by atoms with van der Waals surface area (Å²) in [6.45, 7) is 9.67. The van der Waals surface area contributed by atoms with E-state index in [0.29, 0.717) is 23.4 Å². The first-order valence-corrected chi connectivity index (χ1v) is 9.11. The minimum absolute atomic E-state index is 0.299. The van der Waals surface area contributed by atoms with Crippen molar-refractivity contribution in [3.63, 3.8) is 0 Å². The van der Waals surface area contributed by atoms with Crippen LogP contribution >= 0.6 is 0 Å². The normalized spacial score (nSPS) is 12.3. The van der Waals surface area contributed by atoms with Gasteiger partial charge >= 0.3 is 0 Å². The second-order valence-electron chi connectivity index (χ2n) is 6.10. The van der Waals surface area contributed by atoms with Crippen LogP contribution in [0.2, 0.25) is 0 Å². The lowest BCUT2D eigenvalue weighted by Crippen LogP contribution is -2.27. The van der Waals surface area contributed by atoms with Gasteiger partial charge in [0.1, 0.15) is 0 Å². The quantitative estimate of drug-likeness (QED) is 0.689. The molecule has 0 aliphatic rings. The molecule has 0 fully saturated rings. The van der Waals surface area contributed by atoms with Gasteiger partial charge in [-0.15, -0.1) is 0 Å². The largest absolute Gasteiger partial charge is 0.315 e. The molecule has 0 aliphatic carbocycles. The molecule has 0 atom stereocenters. The fraction of sp³-hybridized carbons (Fsp3) is 0.625.